The Labute approximate surface area is 77.3 Å². The van der Waals surface area contributed by atoms with E-state index in [0.717, 1.165) is 0 Å². The van der Waals surface area contributed by atoms with Crippen molar-refractivity contribution in [2.24, 2.45) is 0 Å². The molecule has 0 bridgehead atoms. The molecule has 5 N–H and O–H groups in total. The van der Waals surface area contributed by atoms with E-state index in [2.05, 4.69) is 15.4 Å². The fraction of sp³-hybridized carbons (Fsp3) is 0. The monoisotopic (exact) mass is 197 g/mol. The highest BCUT2D eigenvalue weighted by molar-refractivity contribution is 6.03. The Bertz CT molecular complexity index is 479. The molecule has 14 heavy (non-hydrogen) atoms. The zero-order valence-corrected chi connectivity index (χ0v) is 6.85. The Morgan fingerprint density at radius 2 is 2.07 bits per heavy atom. The summed E-state index contributed by atoms with van der Waals surface area (Å²) in [4.78, 5) is 10.7. The van der Waals surface area contributed by atoms with Crippen molar-refractivity contribution in [2.45, 2.75) is 0 Å². The van der Waals surface area contributed by atoms with Crippen LogP contribution in [0, 0.1) is 0 Å². The van der Waals surface area contributed by atoms with Crippen LogP contribution in [-0.2, 0) is 0 Å². The first-order valence-electron chi connectivity index (χ1n) is 3.46. The number of phenols is 1. The zero-order chi connectivity index (χ0) is 9.42. The smallest absolute Gasteiger partial charge is 0.341 e. The molecule has 0 saturated carbocycles. The van der Waals surface area contributed by atoms with Crippen molar-refractivity contribution in [1.82, 2.24) is 15.4 Å². The molecule has 0 aliphatic heterocycles. The molecule has 1 aromatic heterocycles. The minimum absolute atomic E-state index is 0. The van der Waals surface area contributed by atoms with E-state index in [1.807, 2.05) is 0 Å². The van der Waals surface area contributed by atoms with Gasteiger partial charge in [-0.1, -0.05) is 0 Å². The number of aromatic amines is 1. The van der Waals surface area contributed by atoms with E-state index in [9.17, 15) is 9.90 Å². The van der Waals surface area contributed by atoms with Crippen LogP contribution < -0.4 is 0 Å². The van der Waals surface area contributed by atoms with Gasteiger partial charge in [0.15, 0.2) is 0 Å². The molecule has 7 heteroatoms. The van der Waals surface area contributed by atoms with Crippen LogP contribution in [0.2, 0.25) is 0 Å². The molecule has 0 atom stereocenters. The maximum absolute atomic E-state index is 10.7. The van der Waals surface area contributed by atoms with E-state index in [1.165, 1.54) is 12.1 Å². The number of benzene rings is 1. The van der Waals surface area contributed by atoms with E-state index in [0.29, 0.717) is 5.52 Å². The zero-order valence-electron chi connectivity index (χ0n) is 6.85. The van der Waals surface area contributed by atoms with E-state index < -0.39 is 5.97 Å². The number of nitrogens with one attached hydrogen (secondary N) is 1. The average Bonchev–Trinajstić information content (AvgIpc) is 2.50. The molecule has 2 aromatic rings. The quantitative estimate of drug-likeness (QED) is 0.569. The summed E-state index contributed by atoms with van der Waals surface area (Å²) >= 11 is 0. The molecule has 0 amide bonds. The van der Waals surface area contributed by atoms with Crippen LogP contribution >= 0.6 is 0 Å². The highest BCUT2D eigenvalue weighted by atomic mass is 16.4. The number of fused-ring (bicyclic) bond motifs is 1. The van der Waals surface area contributed by atoms with Crippen LogP contribution in [0.1, 0.15) is 10.4 Å². The van der Waals surface area contributed by atoms with Crippen LogP contribution in [0.4, 0.5) is 0 Å². The number of aromatic nitrogens is 3. The number of H-pyrrole nitrogens is 1. The normalized spacial score (nSPS) is 9.71. The Balaban J connectivity index is 0.000000980. The molecule has 0 aliphatic rings. The second-order valence-electron chi connectivity index (χ2n) is 2.46. The van der Waals surface area contributed by atoms with Crippen molar-refractivity contribution in [3.05, 3.63) is 17.7 Å². The van der Waals surface area contributed by atoms with Gasteiger partial charge in [0.25, 0.3) is 0 Å². The summed E-state index contributed by atoms with van der Waals surface area (Å²) in [5.74, 6) is -1.54. The number of carboxylic acids is 1. The number of hydrogen-bond donors (Lipinski definition) is 3. The fourth-order valence-corrected chi connectivity index (χ4v) is 1.11. The van der Waals surface area contributed by atoms with Crippen molar-refractivity contribution < 1.29 is 20.5 Å². The first-order valence-corrected chi connectivity index (χ1v) is 3.46. The van der Waals surface area contributed by atoms with Gasteiger partial charge in [-0.15, -0.1) is 0 Å². The van der Waals surface area contributed by atoms with Gasteiger partial charge in [0.2, 0.25) is 0 Å². The Morgan fingerprint density at radius 3 is 2.71 bits per heavy atom. The van der Waals surface area contributed by atoms with Gasteiger partial charge >= 0.3 is 5.97 Å². The Morgan fingerprint density at radius 1 is 1.36 bits per heavy atom. The lowest BCUT2D eigenvalue weighted by molar-refractivity contribution is 0.0696. The SMILES string of the molecule is O.O=C(O)c1c(O)ccc2n[nH]nc12. The minimum atomic E-state index is -1.22. The first kappa shape index (κ1) is 9.93. The van der Waals surface area contributed by atoms with Crippen molar-refractivity contribution >= 4 is 17.0 Å². The van der Waals surface area contributed by atoms with Gasteiger partial charge in [-0.3, -0.25) is 0 Å². The first-order chi connectivity index (χ1) is 6.20. The lowest BCUT2D eigenvalue weighted by Gasteiger charge is -1.97. The maximum Gasteiger partial charge on any atom is 0.341 e. The van der Waals surface area contributed by atoms with Crippen LogP contribution in [0.5, 0.6) is 5.75 Å². The predicted octanol–water partition coefficient (Wildman–Crippen LogP) is -0.463. The molecule has 0 saturated heterocycles. The van der Waals surface area contributed by atoms with Crippen LogP contribution in [0.3, 0.4) is 0 Å². The number of nitrogens with zero attached hydrogens (tertiary/aromatic N) is 2. The van der Waals surface area contributed by atoms with Crippen molar-refractivity contribution in [1.29, 1.82) is 0 Å². The van der Waals surface area contributed by atoms with Crippen molar-refractivity contribution in [3.8, 4) is 5.75 Å². The van der Waals surface area contributed by atoms with Gasteiger partial charge in [0.1, 0.15) is 22.3 Å². The molecule has 7 nitrogen and oxygen atoms in total. The number of rotatable bonds is 1. The highest BCUT2D eigenvalue weighted by Crippen LogP contribution is 2.23. The summed E-state index contributed by atoms with van der Waals surface area (Å²) in [6, 6.07) is 2.76. The average molecular weight is 197 g/mol. The van der Waals surface area contributed by atoms with Gasteiger partial charge in [0.05, 0.1) is 0 Å². The Hall–Kier alpha value is -2.15. The van der Waals surface area contributed by atoms with Crippen molar-refractivity contribution in [2.75, 3.05) is 0 Å². The van der Waals surface area contributed by atoms with Gasteiger partial charge < -0.3 is 15.7 Å². The summed E-state index contributed by atoms with van der Waals surface area (Å²) in [5.41, 5.74) is 0.342. The summed E-state index contributed by atoms with van der Waals surface area (Å²) in [7, 11) is 0. The second-order valence-corrected chi connectivity index (χ2v) is 2.46. The second kappa shape index (κ2) is 3.30. The van der Waals surface area contributed by atoms with E-state index in [4.69, 9.17) is 5.11 Å². The third kappa shape index (κ3) is 1.25. The molecular weight excluding hydrogens is 190 g/mol. The van der Waals surface area contributed by atoms with Crippen molar-refractivity contribution in [3.63, 3.8) is 0 Å². The number of carboxylic acid groups (broad SMARTS) is 1. The lowest BCUT2D eigenvalue weighted by atomic mass is 10.1. The summed E-state index contributed by atoms with van der Waals surface area (Å²) in [5, 5.41) is 27.6. The summed E-state index contributed by atoms with van der Waals surface area (Å²) in [6.45, 7) is 0. The maximum atomic E-state index is 10.7. The van der Waals surface area contributed by atoms with Crippen LogP contribution in [0.25, 0.3) is 11.0 Å². The van der Waals surface area contributed by atoms with Crippen LogP contribution in [0.15, 0.2) is 12.1 Å². The lowest BCUT2D eigenvalue weighted by Crippen LogP contribution is -1.98. The summed E-state index contributed by atoms with van der Waals surface area (Å²) in [6.07, 6.45) is 0. The largest absolute Gasteiger partial charge is 0.507 e. The van der Waals surface area contributed by atoms with Gasteiger partial charge in [-0.25, -0.2) is 4.79 Å². The van der Waals surface area contributed by atoms with Gasteiger partial charge in [-0.05, 0) is 12.1 Å². The third-order valence-electron chi connectivity index (χ3n) is 1.68. The standard InChI is InChI=1S/C7H5N3O3.H2O/c11-4-2-1-3-6(9-10-8-3)5(4)7(12)13;/h1-2,11H,(H,12,13)(H,8,9,10);1H2. The molecular formula is C7H7N3O4. The number of hydrogen-bond acceptors (Lipinski definition) is 4. The number of aromatic hydroxyl groups is 1. The molecule has 1 aromatic carbocycles. The topological polar surface area (TPSA) is 131 Å². The highest BCUT2D eigenvalue weighted by Gasteiger charge is 2.16. The van der Waals surface area contributed by atoms with E-state index >= 15 is 0 Å². The number of aromatic carboxylic acids is 1. The third-order valence-corrected chi connectivity index (χ3v) is 1.68. The van der Waals surface area contributed by atoms with Crippen LogP contribution in [-0.4, -0.2) is 37.1 Å². The molecule has 2 rings (SSSR count). The summed E-state index contributed by atoms with van der Waals surface area (Å²) < 4.78 is 0. The number of carbonyl (C=O) groups is 1. The van der Waals surface area contributed by atoms with E-state index in [-0.39, 0.29) is 22.3 Å². The molecule has 0 aliphatic carbocycles. The Kier molecular flexibility index (Phi) is 2.34. The molecule has 1 heterocycles. The molecule has 0 unspecified atom stereocenters. The fourth-order valence-electron chi connectivity index (χ4n) is 1.11. The molecule has 0 fully saturated rings. The minimum Gasteiger partial charge on any atom is -0.507 e. The van der Waals surface area contributed by atoms with Gasteiger partial charge in [0, 0.05) is 0 Å². The van der Waals surface area contributed by atoms with E-state index in [1.54, 1.807) is 0 Å². The van der Waals surface area contributed by atoms with Gasteiger partial charge in [-0.2, -0.15) is 15.4 Å². The molecule has 0 radical (unpaired) electrons. The predicted molar refractivity (Wildman–Crippen MR) is 46.1 cm³/mol. The molecule has 0 spiro atoms. The molecule has 74 valence electrons.